The van der Waals surface area contributed by atoms with Gasteiger partial charge in [-0.05, 0) is 24.0 Å². The second-order valence-electron chi connectivity index (χ2n) is 5.01. The first kappa shape index (κ1) is 13.5. The maximum Gasteiger partial charge on any atom is 0.307 e. The van der Waals surface area contributed by atoms with Crippen LogP contribution < -0.4 is 11.1 Å². The Bertz CT molecular complexity index is 495. The van der Waals surface area contributed by atoms with Crippen LogP contribution >= 0.6 is 0 Å². The Balaban J connectivity index is 1.99. The number of rotatable bonds is 6. The van der Waals surface area contributed by atoms with Gasteiger partial charge in [0.05, 0.1) is 11.8 Å². The molecule has 0 aromatic heterocycles. The molecule has 0 spiro atoms. The molecule has 1 aromatic carbocycles. The van der Waals surface area contributed by atoms with E-state index in [9.17, 15) is 9.59 Å². The number of carbonyl (C=O) groups is 2. The zero-order valence-electron chi connectivity index (χ0n) is 10.7. The lowest BCUT2D eigenvalue weighted by Crippen LogP contribution is -2.36. The van der Waals surface area contributed by atoms with E-state index in [2.05, 4.69) is 5.32 Å². The second-order valence-corrected chi connectivity index (χ2v) is 5.01. The normalized spacial score (nSPS) is 15.8. The maximum absolute atomic E-state index is 12.0. The van der Waals surface area contributed by atoms with Crippen molar-refractivity contribution < 1.29 is 14.7 Å². The molecule has 1 aliphatic rings. The largest absolute Gasteiger partial charge is 0.481 e. The lowest BCUT2D eigenvalue weighted by atomic mass is 10.0. The van der Waals surface area contributed by atoms with Crippen molar-refractivity contribution >= 4 is 11.9 Å². The average molecular weight is 262 g/mol. The Morgan fingerprint density at radius 2 is 1.89 bits per heavy atom. The van der Waals surface area contributed by atoms with E-state index in [1.54, 1.807) is 12.1 Å². The number of amides is 1. The van der Waals surface area contributed by atoms with E-state index in [0.717, 1.165) is 24.0 Å². The minimum Gasteiger partial charge on any atom is -0.481 e. The molecule has 0 radical (unpaired) electrons. The van der Waals surface area contributed by atoms with Crippen molar-refractivity contribution in [2.24, 2.45) is 11.1 Å². The molecule has 1 aromatic rings. The molecule has 0 saturated heterocycles. The highest BCUT2D eigenvalue weighted by Gasteiger charge is 2.48. The molecule has 0 heterocycles. The molecule has 0 atom stereocenters. The van der Waals surface area contributed by atoms with Gasteiger partial charge in [0.1, 0.15) is 0 Å². The smallest absolute Gasteiger partial charge is 0.307 e. The van der Waals surface area contributed by atoms with Gasteiger partial charge in [0.15, 0.2) is 0 Å². The number of carboxylic acid groups (broad SMARTS) is 1. The molecule has 2 rings (SSSR count). The van der Waals surface area contributed by atoms with E-state index in [0.29, 0.717) is 13.1 Å². The fourth-order valence-electron chi connectivity index (χ4n) is 2.10. The summed E-state index contributed by atoms with van der Waals surface area (Å²) >= 11 is 0. The Kier molecular flexibility index (Phi) is 3.85. The van der Waals surface area contributed by atoms with Gasteiger partial charge in [0.25, 0.3) is 0 Å². The van der Waals surface area contributed by atoms with Crippen LogP contribution in [0, 0.1) is 5.41 Å². The third-order valence-electron chi connectivity index (χ3n) is 3.63. The zero-order chi connectivity index (χ0) is 13.9. The molecule has 1 fully saturated rings. The van der Waals surface area contributed by atoms with Crippen molar-refractivity contribution in [2.75, 3.05) is 6.54 Å². The molecule has 0 bridgehead atoms. The average Bonchev–Trinajstić information content (AvgIpc) is 3.18. The molecule has 5 heteroatoms. The molecule has 0 aliphatic heterocycles. The highest BCUT2D eigenvalue weighted by Crippen LogP contribution is 2.44. The molecule has 1 saturated carbocycles. The maximum atomic E-state index is 12.0. The first-order valence-corrected chi connectivity index (χ1v) is 6.34. The van der Waals surface area contributed by atoms with Gasteiger partial charge in [-0.15, -0.1) is 0 Å². The van der Waals surface area contributed by atoms with Gasteiger partial charge >= 0.3 is 5.97 Å². The van der Waals surface area contributed by atoms with Crippen molar-refractivity contribution in [2.45, 2.75) is 25.8 Å². The second kappa shape index (κ2) is 5.40. The highest BCUT2D eigenvalue weighted by atomic mass is 16.4. The molecule has 0 unspecified atom stereocenters. The summed E-state index contributed by atoms with van der Waals surface area (Å²) in [5, 5.41) is 11.7. The van der Waals surface area contributed by atoms with Crippen LogP contribution in [0.2, 0.25) is 0 Å². The summed E-state index contributed by atoms with van der Waals surface area (Å²) in [6.07, 6.45) is 1.65. The Labute approximate surface area is 111 Å². The van der Waals surface area contributed by atoms with Gasteiger partial charge < -0.3 is 16.2 Å². The van der Waals surface area contributed by atoms with Crippen molar-refractivity contribution in [3.63, 3.8) is 0 Å². The van der Waals surface area contributed by atoms with Crippen LogP contribution in [0.3, 0.4) is 0 Å². The number of carbonyl (C=O) groups excluding carboxylic acids is 1. The number of benzene rings is 1. The highest BCUT2D eigenvalue weighted by molar-refractivity contribution is 5.85. The van der Waals surface area contributed by atoms with Gasteiger partial charge in [-0.1, -0.05) is 24.3 Å². The van der Waals surface area contributed by atoms with Crippen LogP contribution in [0.4, 0.5) is 0 Å². The minimum atomic E-state index is -0.876. The monoisotopic (exact) mass is 262 g/mol. The summed E-state index contributed by atoms with van der Waals surface area (Å²) in [4.78, 5) is 22.7. The van der Waals surface area contributed by atoms with E-state index in [-0.39, 0.29) is 17.7 Å². The fourth-order valence-corrected chi connectivity index (χ4v) is 2.10. The summed E-state index contributed by atoms with van der Waals surface area (Å²) in [7, 11) is 0. The molecule has 4 N–H and O–H groups in total. The van der Waals surface area contributed by atoms with Gasteiger partial charge in [0.2, 0.25) is 5.91 Å². The SMILES string of the molecule is NCC1(C(=O)NCc2ccccc2CC(=O)O)CC1. The summed E-state index contributed by atoms with van der Waals surface area (Å²) in [6.45, 7) is 0.722. The number of nitrogens with two attached hydrogens (primary N) is 1. The van der Waals surface area contributed by atoms with Crippen LogP contribution in [0.25, 0.3) is 0 Å². The standard InChI is InChI=1S/C14H18N2O3/c15-9-14(5-6-14)13(19)16-8-11-4-2-1-3-10(11)7-12(17)18/h1-4H,5-9,15H2,(H,16,19)(H,17,18). The quantitative estimate of drug-likeness (QED) is 0.702. The van der Waals surface area contributed by atoms with E-state index >= 15 is 0 Å². The number of hydrogen-bond donors (Lipinski definition) is 3. The molecule has 1 amide bonds. The Morgan fingerprint density at radius 1 is 1.26 bits per heavy atom. The number of hydrogen-bond acceptors (Lipinski definition) is 3. The third kappa shape index (κ3) is 3.12. The topological polar surface area (TPSA) is 92.4 Å². The Morgan fingerprint density at radius 3 is 2.42 bits per heavy atom. The van der Waals surface area contributed by atoms with Crippen LogP contribution in [0.1, 0.15) is 24.0 Å². The molecule has 5 nitrogen and oxygen atoms in total. The zero-order valence-corrected chi connectivity index (χ0v) is 10.7. The third-order valence-corrected chi connectivity index (χ3v) is 3.63. The van der Waals surface area contributed by atoms with E-state index in [1.165, 1.54) is 0 Å². The van der Waals surface area contributed by atoms with Crippen molar-refractivity contribution in [3.05, 3.63) is 35.4 Å². The minimum absolute atomic E-state index is 0.0277. The van der Waals surface area contributed by atoms with E-state index in [1.807, 2.05) is 12.1 Å². The molecular formula is C14H18N2O3. The number of aliphatic carboxylic acids is 1. The first-order valence-electron chi connectivity index (χ1n) is 6.34. The summed E-state index contributed by atoms with van der Waals surface area (Å²) in [6, 6.07) is 7.24. The van der Waals surface area contributed by atoms with Crippen molar-refractivity contribution in [3.8, 4) is 0 Å². The molecule has 1 aliphatic carbocycles. The lowest BCUT2D eigenvalue weighted by molar-refractivity contribution is -0.136. The van der Waals surface area contributed by atoms with Crippen LogP contribution in [-0.4, -0.2) is 23.5 Å². The van der Waals surface area contributed by atoms with Gasteiger partial charge in [-0.3, -0.25) is 9.59 Å². The van der Waals surface area contributed by atoms with Crippen LogP contribution in [0.5, 0.6) is 0 Å². The number of nitrogens with one attached hydrogen (secondary N) is 1. The van der Waals surface area contributed by atoms with Gasteiger partial charge in [-0.2, -0.15) is 0 Å². The molecular weight excluding hydrogens is 244 g/mol. The van der Waals surface area contributed by atoms with Gasteiger partial charge in [-0.25, -0.2) is 0 Å². The first-order chi connectivity index (χ1) is 9.07. The Hall–Kier alpha value is -1.88. The van der Waals surface area contributed by atoms with Crippen LogP contribution in [-0.2, 0) is 22.6 Å². The van der Waals surface area contributed by atoms with E-state index in [4.69, 9.17) is 10.8 Å². The van der Waals surface area contributed by atoms with Crippen molar-refractivity contribution in [1.82, 2.24) is 5.32 Å². The predicted octanol–water partition coefficient (Wildman–Crippen LogP) is 0.669. The van der Waals surface area contributed by atoms with Crippen LogP contribution in [0.15, 0.2) is 24.3 Å². The summed E-state index contributed by atoms with van der Waals surface area (Å²) < 4.78 is 0. The summed E-state index contributed by atoms with van der Waals surface area (Å²) in [5.41, 5.74) is 6.79. The fraction of sp³-hybridized carbons (Fsp3) is 0.429. The van der Waals surface area contributed by atoms with Crippen molar-refractivity contribution in [1.29, 1.82) is 0 Å². The van der Waals surface area contributed by atoms with E-state index < -0.39 is 5.97 Å². The lowest BCUT2D eigenvalue weighted by Gasteiger charge is -2.14. The molecule has 19 heavy (non-hydrogen) atoms. The summed E-state index contributed by atoms with van der Waals surface area (Å²) in [5.74, 6) is -0.903. The molecule has 102 valence electrons. The number of carboxylic acids is 1. The van der Waals surface area contributed by atoms with Gasteiger partial charge in [0, 0.05) is 13.1 Å². The predicted molar refractivity (Wildman–Crippen MR) is 70.3 cm³/mol.